The molecule has 25 heavy (non-hydrogen) atoms. The monoisotopic (exact) mass is 358 g/mol. The van der Waals surface area contributed by atoms with Crippen molar-refractivity contribution in [3.8, 4) is 11.4 Å². The minimum Gasteiger partial charge on any atom is -0.341 e. The van der Waals surface area contributed by atoms with Gasteiger partial charge >= 0.3 is 0 Å². The minimum absolute atomic E-state index is 0.0692. The third-order valence-corrected chi connectivity index (χ3v) is 5.03. The van der Waals surface area contributed by atoms with Crippen molar-refractivity contribution in [3.63, 3.8) is 0 Å². The Morgan fingerprint density at radius 3 is 3.20 bits per heavy atom. The number of aromatic nitrogens is 5. The summed E-state index contributed by atoms with van der Waals surface area (Å²) in [4.78, 5) is 22.7. The quantitative estimate of drug-likeness (QED) is 0.692. The van der Waals surface area contributed by atoms with E-state index in [0.29, 0.717) is 30.6 Å². The van der Waals surface area contributed by atoms with Crippen LogP contribution in [0.4, 0.5) is 0 Å². The number of carbonyl (C=O) groups is 1. The first-order valence-electron chi connectivity index (χ1n) is 8.23. The van der Waals surface area contributed by atoms with E-state index in [0.717, 1.165) is 24.9 Å². The first-order chi connectivity index (χ1) is 12.3. The number of nitrogens with zero attached hydrogens (tertiary/aromatic N) is 6. The van der Waals surface area contributed by atoms with E-state index in [1.807, 2.05) is 21.7 Å². The average Bonchev–Trinajstić information content (AvgIpc) is 3.37. The van der Waals surface area contributed by atoms with Gasteiger partial charge in [-0.25, -0.2) is 9.67 Å². The van der Waals surface area contributed by atoms with E-state index in [-0.39, 0.29) is 12.5 Å². The van der Waals surface area contributed by atoms with Crippen LogP contribution in [0.5, 0.6) is 0 Å². The molecular formula is C16H18N6O2S. The first kappa shape index (κ1) is 15.9. The van der Waals surface area contributed by atoms with Gasteiger partial charge in [0, 0.05) is 30.5 Å². The average molecular weight is 358 g/mol. The molecule has 1 aliphatic rings. The van der Waals surface area contributed by atoms with Crippen molar-refractivity contribution in [1.29, 1.82) is 0 Å². The smallest absolute Gasteiger partial charge is 0.244 e. The van der Waals surface area contributed by atoms with Gasteiger partial charge in [-0.1, -0.05) is 5.16 Å². The Hall–Kier alpha value is -2.55. The fourth-order valence-electron chi connectivity index (χ4n) is 3.10. The molecule has 0 aromatic carbocycles. The lowest BCUT2D eigenvalue weighted by Crippen LogP contribution is -2.42. The summed E-state index contributed by atoms with van der Waals surface area (Å²) < 4.78 is 6.94. The highest BCUT2D eigenvalue weighted by Crippen LogP contribution is 2.23. The molecule has 9 heteroatoms. The van der Waals surface area contributed by atoms with Gasteiger partial charge in [0.25, 0.3) is 0 Å². The summed E-state index contributed by atoms with van der Waals surface area (Å²) >= 11 is 1.61. The number of rotatable bonds is 5. The standard InChI is InChI=1S/C16H18N6O2S/c23-15(8-22-11-17-10-18-22)21-4-1-2-12(7-21)6-14-19-16(20-24-14)13-3-5-25-9-13/h3,5,9-12H,1-2,4,6-8H2. The van der Waals surface area contributed by atoms with E-state index in [9.17, 15) is 4.79 Å². The number of thiophene rings is 1. The van der Waals surface area contributed by atoms with Gasteiger partial charge in [0.2, 0.25) is 17.6 Å². The SMILES string of the molecule is O=C(Cn1cncn1)N1CCCC(Cc2nc(-c3ccsc3)no2)C1. The van der Waals surface area contributed by atoms with Crippen LogP contribution in [0.25, 0.3) is 11.4 Å². The van der Waals surface area contributed by atoms with E-state index in [1.165, 1.54) is 6.33 Å². The van der Waals surface area contributed by atoms with Gasteiger partial charge in [0.05, 0.1) is 0 Å². The zero-order valence-electron chi connectivity index (χ0n) is 13.6. The summed E-state index contributed by atoms with van der Waals surface area (Å²) in [6.07, 6.45) is 5.74. The second kappa shape index (κ2) is 7.14. The molecule has 3 aromatic heterocycles. The number of hydrogen-bond acceptors (Lipinski definition) is 7. The highest BCUT2D eigenvalue weighted by molar-refractivity contribution is 7.08. The van der Waals surface area contributed by atoms with Gasteiger partial charge < -0.3 is 9.42 Å². The van der Waals surface area contributed by atoms with Crippen molar-refractivity contribution in [2.24, 2.45) is 5.92 Å². The second-order valence-corrected chi connectivity index (χ2v) is 6.95. The lowest BCUT2D eigenvalue weighted by atomic mass is 9.94. The third-order valence-electron chi connectivity index (χ3n) is 4.35. The summed E-state index contributed by atoms with van der Waals surface area (Å²) in [7, 11) is 0. The Balaban J connectivity index is 1.36. The summed E-state index contributed by atoms with van der Waals surface area (Å²) in [5.74, 6) is 1.67. The van der Waals surface area contributed by atoms with Gasteiger partial charge in [0.15, 0.2) is 0 Å². The van der Waals surface area contributed by atoms with Crippen molar-refractivity contribution >= 4 is 17.2 Å². The van der Waals surface area contributed by atoms with Crippen LogP contribution in [-0.2, 0) is 17.8 Å². The molecule has 3 aromatic rings. The molecule has 1 aliphatic heterocycles. The van der Waals surface area contributed by atoms with Crippen molar-refractivity contribution in [3.05, 3.63) is 35.4 Å². The van der Waals surface area contributed by atoms with E-state index in [1.54, 1.807) is 22.3 Å². The molecule has 1 fully saturated rings. The van der Waals surface area contributed by atoms with Crippen LogP contribution in [-0.4, -0.2) is 48.8 Å². The normalized spacial score (nSPS) is 17.8. The maximum absolute atomic E-state index is 12.4. The van der Waals surface area contributed by atoms with Gasteiger partial charge in [-0.05, 0) is 30.2 Å². The van der Waals surface area contributed by atoms with Crippen LogP contribution in [0.1, 0.15) is 18.7 Å². The van der Waals surface area contributed by atoms with Crippen LogP contribution >= 0.6 is 11.3 Å². The highest BCUT2D eigenvalue weighted by atomic mass is 32.1. The zero-order chi connectivity index (χ0) is 17.1. The molecule has 0 radical (unpaired) electrons. The van der Waals surface area contributed by atoms with Gasteiger partial charge in [-0.15, -0.1) is 0 Å². The minimum atomic E-state index is 0.0692. The van der Waals surface area contributed by atoms with E-state index < -0.39 is 0 Å². The molecule has 0 saturated carbocycles. The Labute approximate surface area is 148 Å². The summed E-state index contributed by atoms with van der Waals surface area (Å²) in [5.41, 5.74) is 0.980. The summed E-state index contributed by atoms with van der Waals surface area (Å²) in [5, 5.41) is 12.0. The summed E-state index contributed by atoms with van der Waals surface area (Å²) in [6.45, 7) is 1.73. The molecule has 1 saturated heterocycles. The number of amides is 1. The Morgan fingerprint density at radius 2 is 2.40 bits per heavy atom. The van der Waals surface area contributed by atoms with Crippen molar-refractivity contribution in [1.82, 2.24) is 29.8 Å². The van der Waals surface area contributed by atoms with Crippen molar-refractivity contribution in [2.75, 3.05) is 13.1 Å². The molecule has 0 spiro atoms. The molecule has 0 aliphatic carbocycles. The Bertz CT molecular complexity index is 814. The fourth-order valence-corrected chi connectivity index (χ4v) is 3.74. The van der Waals surface area contributed by atoms with Gasteiger partial charge in [-0.3, -0.25) is 4.79 Å². The van der Waals surface area contributed by atoms with Gasteiger partial charge in [0.1, 0.15) is 19.2 Å². The molecule has 0 N–H and O–H groups in total. The molecule has 8 nitrogen and oxygen atoms in total. The molecule has 1 unspecified atom stereocenters. The Morgan fingerprint density at radius 1 is 1.44 bits per heavy atom. The molecule has 130 valence electrons. The summed E-state index contributed by atoms with van der Waals surface area (Å²) in [6, 6.07) is 1.98. The number of likely N-dealkylation sites (tertiary alicyclic amines) is 1. The predicted octanol–water partition coefficient (Wildman–Crippen LogP) is 1.87. The molecule has 4 rings (SSSR count). The maximum atomic E-state index is 12.4. The highest BCUT2D eigenvalue weighted by Gasteiger charge is 2.25. The predicted molar refractivity (Wildman–Crippen MR) is 90.6 cm³/mol. The Kier molecular flexibility index (Phi) is 4.55. The largest absolute Gasteiger partial charge is 0.341 e. The molecular weight excluding hydrogens is 340 g/mol. The fraction of sp³-hybridized carbons (Fsp3) is 0.438. The van der Waals surface area contributed by atoms with Crippen LogP contribution in [0, 0.1) is 5.92 Å². The van der Waals surface area contributed by atoms with Crippen LogP contribution in [0.2, 0.25) is 0 Å². The van der Waals surface area contributed by atoms with E-state index >= 15 is 0 Å². The molecule has 1 atom stereocenters. The van der Waals surface area contributed by atoms with Crippen molar-refractivity contribution in [2.45, 2.75) is 25.8 Å². The third kappa shape index (κ3) is 3.76. The van der Waals surface area contributed by atoms with E-state index in [4.69, 9.17) is 4.52 Å². The lowest BCUT2D eigenvalue weighted by Gasteiger charge is -2.32. The van der Waals surface area contributed by atoms with Crippen LogP contribution in [0.3, 0.4) is 0 Å². The topological polar surface area (TPSA) is 89.9 Å². The van der Waals surface area contributed by atoms with Crippen LogP contribution in [0.15, 0.2) is 34.0 Å². The maximum Gasteiger partial charge on any atom is 0.244 e. The first-order valence-corrected chi connectivity index (χ1v) is 9.17. The molecule has 4 heterocycles. The molecule has 0 bridgehead atoms. The van der Waals surface area contributed by atoms with Gasteiger partial charge in [-0.2, -0.15) is 21.4 Å². The number of piperidine rings is 1. The molecule has 1 amide bonds. The lowest BCUT2D eigenvalue weighted by molar-refractivity contribution is -0.133. The van der Waals surface area contributed by atoms with Crippen LogP contribution < -0.4 is 0 Å². The van der Waals surface area contributed by atoms with Crippen molar-refractivity contribution < 1.29 is 9.32 Å². The second-order valence-electron chi connectivity index (χ2n) is 6.17. The zero-order valence-corrected chi connectivity index (χ0v) is 14.4. The number of hydrogen-bond donors (Lipinski definition) is 0. The number of carbonyl (C=O) groups excluding carboxylic acids is 1. The van der Waals surface area contributed by atoms with E-state index in [2.05, 4.69) is 20.2 Å².